The lowest BCUT2D eigenvalue weighted by molar-refractivity contribution is -0.121. The molecule has 1 saturated heterocycles. The van der Waals surface area contributed by atoms with Crippen LogP contribution < -0.4 is 10.1 Å². The van der Waals surface area contributed by atoms with Crippen LogP contribution in [0, 0.1) is 0 Å². The Morgan fingerprint density at radius 3 is 2.41 bits per heavy atom. The van der Waals surface area contributed by atoms with E-state index < -0.39 is 4.75 Å². The molecule has 1 aliphatic rings. The number of benzene rings is 1. The number of hydrogen-bond donors (Lipinski definition) is 1. The van der Waals surface area contributed by atoms with E-state index in [0.29, 0.717) is 17.9 Å². The highest BCUT2D eigenvalue weighted by Crippen LogP contribution is 2.34. The van der Waals surface area contributed by atoms with E-state index in [1.165, 1.54) is 0 Å². The second-order valence-electron chi connectivity index (χ2n) is 6.51. The summed E-state index contributed by atoms with van der Waals surface area (Å²) in [5, 5.41) is 1.99. The molecule has 0 aliphatic carbocycles. The summed E-state index contributed by atoms with van der Waals surface area (Å²) in [5.74, 6) is 0.0961. The number of ketones is 1. The zero-order valence-electron chi connectivity index (χ0n) is 15.2. The minimum absolute atomic E-state index is 0.0949. The molecular formula is C20H20N2O4S. The maximum atomic E-state index is 12.2. The first-order valence-electron chi connectivity index (χ1n) is 8.64. The molecule has 2 amide bonds. The van der Waals surface area contributed by atoms with Crippen molar-refractivity contribution in [3.8, 4) is 5.75 Å². The van der Waals surface area contributed by atoms with Crippen molar-refractivity contribution in [1.29, 1.82) is 0 Å². The van der Waals surface area contributed by atoms with Gasteiger partial charge >= 0.3 is 0 Å². The van der Waals surface area contributed by atoms with Gasteiger partial charge in [-0.2, -0.15) is 0 Å². The fourth-order valence-corrected chi connectivity index (χ4v) is 3.67. The minimum atomic E-state index is -0.800. The lowest BCUT2D eigenvalue weighted by Crippen LogP contribution is -2.35. The molecule has 6 nitrogen and oxygen atoms in total. The molecule has 1 atom stereocenters. The van der Waals surface area contributed by atoms with Gasteiger partial charge in [0.15, 0.2) is 6.61 Å². The number of carbonyl (C=O) groups is 3. The largest absolute Gasteiger partial charge is 0.485 e. The van der Waals surface area contributed by atoms with Gasteiger partial charge in [-0.1, -0.05) is 25.1 Å². The summed E-state index contributed by atoms with van der Waals surface area (Å²) >= 11 is 1.01. The average molecular weight is 384 g/mol. The Morgan fingerprint density at radius 2 is 1.85 bits per heavy atom. The van der Waals surface area contributed by atoms with Gasteiger partial charge < -0.3 is 4.74 Å². The quantitative estimate of drug-likeness (QED) is 0.738. The number of carbonyl (C=O) groups excluding carboxylic acids is 3. The van der Waals surface area contributed by atoms with Crippen LogP contribution in [0.2, 0.25) is 0 Å². The van der Waals surface area contributed by atoms with Crippen LogP contribution in [0.5, 0.6) is 5.75 Å². The van der Waals surface area contributed by atoms with Gasteiger partial charge in [-0.3, -0.25) is 24.7 Å². The number of amides is 2. The van der Waals surface area contributed by atoms with E-state index in [0.717, 1.165) is 29.3 Å². The van der Waals surface area contributed by atoms with Crippen LogP contribution in [-0.2, 0) is 17.6 Å². The van der Waals surface area contributed by atoms with Crippen LogP contribution in [-0.4, -0.2) is 33.3 Å². The monoisotopic (exact) mass is 384 g/mol. The van der Waals surface area contributed by atoms with Gasteiger partial charge in [0.1, 0.15) is 16.2 Å². The first-order chi connectivity index (χ1) is 12.9. The van der Waals surface area contributed by atoms with Crippen molar-refractivity contribution in [3.63, 3.8) is 0 Å². The van der Waals surface area contributed by atoms with Gasteiger partial charge in [0.25, 0.3) is 5.24 Å². The van der Waals surface area contributed by atoms with E-state index in [2.05, 4.69) is 10.3 Å². The van der Waals surface area contributed by atoms with E-state index >= 15 is 0 Å². The standard InChI is InChI=1S/C20H20N2O4S/c1-3-13-6-9-16(21-11-13)17(23)12-26-15-7-4-14(5-8-15)10-20(2)18(24)22-19(25)27-20/h4-9,11H,3,10,12H2,1-2H3,(H,22,24,25)/t20-/m0/s1. The molecule has 140 valence electrons. The molecule has 1 fully saturated rings. The topological polar surface area (TPSA) is 85.4 Å². The van der Waals surface area contributed by atoms with Crippen molar-refractivity contribution in [2.75, 3.05) is 6.61 Å². The number of nitrogens with one attached hydrogen (secondary N) is 1. The average Bonchev–Trinajstić information content (AvgIpc) is 2.92. The van der Waals surface area contributed by atoms with Gasteiger partial charge in [0.05, 0.1) is 0 Å². The molecule has 0 saturated carbocycles. The van der Waals surface area contributed by atoms with Crippen LogP contribution in [0.1, 0.15) is 35.5 Å². The van der Waals surface area contributed by atoms with Crippen molar-refractivity contribution in [2.24, 2.45) is 0 Å². The zero-order valence-corrected chi connectivity index (χ0v) is 16.0. The van der Waals surface area contributed by atoms with Crippen LogP contribution in [0.15, 0.2) is 42.6 Å². The summed E-state index contributed by atoms with van der Waals surface area (Å²) < 4.78 is 4.74. The molecule has 1 aromatic heterocycles. The molecule has 1 N–H and O–H groups in total. The summed E-state index contributed by atoms with van der Waals surface area (Å²) in [6, 6.07) is 10.8. The van der Waals surface area contributed by atoms with E-state index in [4.69, 9.17) is 4.74 Å². The van der Waals surface area contributed by atoms with Crippen LogP contribution in [0.3, 0.4) is 0 Å². The summed E-state index contributed by atoms with van der Waals surface area (Å²) in [4.78, 5) is 39.6. The van der Waals surface area contributed by atoms with Crippen molar-refractivity contribution in [2.45, 2.75) is 31.4 Å². The third-order valence-electron chi connectivity index (χ3n) is 4.37. The molecule has 0 bridgehead atoms. The predicted octanol–water partition coefficient (Wildman–Crippen LogP) is 3.19. The van der Waals surface area contributed by atoms with E-state index in [1.807, 2.05) is 25.1 Å². The lowest BCUT2D eigenvalue weighted by Gasteiger charge is -2.18. The van der Waals surface area contributed by atoms with E-state index in [1.54, 1.807) is 31.3 Å². The van der Waals surface area contributed by atoms with Crippen molar-refractivity contribution in [3.05, 3.63) is 59.4 Å². The summed E-state index contributed by atoms with van der Waals surface area (Å²) in [5.41, 5.74) is 2.36. The molecule has 2 heterocycles. The third kappa shape index (κ3) is 4.54. The Kier molecular flexibility index (Phi) is 5.60. The van der Waals surface area contributed by atoms with Gasteiger partial charge in [-0.25, -0.2) is 0 Å². The Bertz CT molecular complexity index is 865. The molecule has 0 spiro atoms. The predicted molar refractivity (Wildman–Crippen MR) is 103 cm³/mol. The number of aryl methyl sites for hydroxylation is 1. The molecule has 1 aromatic carbocycles. The maximum Gasteiger partial charge on any atom is 0.286 e. The van der Waals surface area contributed by atoms with E-state index in [-0.39, 0.29) is 23.5 Å². The highest BCUT2D eigenvalue weighted by atomic mass is 32.2. The van der Waals surface area contributed by atoms with Crippen molar-refractivity contribution >= 4 is 28.7 Å². The molecule has 1 aliphatic heterocycles. The second-order valence-corrected chi connectivity index (χ2v) is 7.99. The number of thioether (sulfide) groups is 1. The fraction of sp³-hybridized carbons (Fsp3) is 0.300. The number of hydrogen-bond acceptors (Lipinski definition) is 6. The third-order valence-corrected chi connectivity index (χ3v) is 5.43. The molecule has 2 aromatic rings. The SMILES string of the molecule is CCc1ccc(C(=O)COc2ccc(C[C@]3(C)SC(=O)NC3=O)cc2)nc1. The van der Waals surface area contributed by atoms with Gasteiger partial charge in [-0.05, 0) is 60.9 Å². The Labute approximate surface area is 161 Å². The zero-order chi connectivity index (χ0) is 19.4. The molecule has 0 unspecified atom stereocenters. The van der Waals surface area contributed by atoms with Crippen molar-refractivity contribution in [1.82, 2.24) is 10.3 Å². The number of pyridine rings is 1. The Morgan fingerprint density at radius 1 is 1.15 bits per heavy atom. The number of aromatic nitrogens is 1. The maximum absolute atomic E-state index is 12.2. The normalized spacial score (nSPS) is 19.0. The summed E-state index contributed by atoms with van der Waals surface area (Å²) in [7, 11) is 0. The first-order valence-corrected chi connectivity index (χ1v) is 9.45. The molecule has 0 radical (unpaired) electrons. The molecule has 3 rings (SSSR count). The highest BCUT2D eigenvalue weighted by molar-refractivity contribution is 8.16. The molecule has 27 heavy (non-hydrogen) atoms. The number of rotatable bonds is 7. The van der Waals surface area contributed by atoms with E-state index in [9.17, 15) is 14.4 Å². The number of Topliss-reactive ketones (excluding diaryl/α,β-unsaturated/α-hetero) is 1. The van der Waals surface area contributed by atoms with Gasteiger partial charge in [0, 0.05) is 6.20 Å². The first kappa shape index (κ1) is 19.1. The summed E-state index contributed by atoms with van der Waals surface area (Å²) in [6.45, 7) is 3.68. The molecular weight excluding hydrogens is 364 g/mol. The summed E-state index contributed by atoms with van der Waals surface area (Å²) in [6.07, 6.45) is 3.00. The Balaban J connectivity index is 1.56. The van der Waals surface area contributed by atoms with Crippen LogP contribution in [0.4, 0.5) is 4.79 Å². The van der Waals surface area contributed by atoms with Crippen molar-refractivity contribution < 1.29 is 19.1 Å². The molecule has 7 heteroatoms. The smallest absolute Gasteiger partial charge is 0.286 e. The Hall–Kier alpha value is -2.67. The lowest BCUT2D eigenvalue weighted by atomic mass is 9.99. The second kappa shape index (κ2) is 7.92. The van der Waals surface area contributed by atoms with Gasteiger partial charge in [-0.15, -0.1) is 0 Å². The van der Waals surface area contributed by atoms with Crippen LogP contribution in [0.25, 0.3) is 0 Å². The number of imide groups is 1. The van der Waals surface area contributed by atoms with Gasteiger partial charge in [0.2, 0.25) is 11.7 Å². The number of ether oxygens (including phenoxy) is 1. The minimum Gasteiger partial charge on any atom is -0.485 e. The fourth-order valence-electron chi connectivity index (χ4n) is 2.73. The number of nitrogens with zero attached hydrogens (tertiary/aromatic N) is 1. The highest BCUT2D eigenvalue weighted by Gasteiger charge is 2.43. The van der Waals surface area contributed by atoms with Crippen LogP contribution >= 0.6 is 11.8 Å².